The maximum absolute atomic E-state index is 5.58. The Hall–Kier alpha value is -1.95. The molecule has 0 saturated carbocycles. The largest absolute Gasteiger partial charge is 0.481 e. The van der Waals surface area contributed by atoms with Crippen molar-refractivity contribution in [3.63, 3.8) is 0 Å². The molecule has 1 heterocycles. The van der Waals surface area contributed by atoms with Crippen molar-refractivity contribution in [3.05, 3.63) is 30.3 Å². The summed E-state index contributed by atoms with van der Waals surface area (Å²) in [4.78, 5) is 9.03. The minimum absolute atomic E-state index is 0.116. The van der Waals surface area contributed by atoms with Gasteiger partial charge in [-0.1, -0.05) is 0 Å². The zero-order valence-corrected chi connectivity index (χ0v) is 10.9. The van der Waals surface area contributed by atoms with Gasteiger partial charge in [0.2, 0.25) is 17.7 Å². The van der Waals surface area contributed by atoms with E-state index >= 15 is 0 Å². The van der Waals surface area contributed by atoms with Crippen molar-refractivity contribution in [2.24, 2.45) is 0 Å². The van der Waals surface area contributed by atoms with E-state index < -0.39 is 0 Å². The Morgan fingerprint density at radius 1 is 1.11 bits per heavy atom. The van der Waals surface area contributed by atoms with Gasteiger partial charge in [0, 0.05) is 4.90 Å². The fraction of sp³-hybridized carbons (Fsp3) is 0.167. The van der Waals surface area contributed by atoms with Crippen molar-refractivity contribution < 1.29 is 9.47 Å². The molecule has 1 aromatic heterocycles. The predicted molar refractivity (Wildman–Crippen MR) is 71.3 cm³/mol. The smallest absolute Gasteiger partial charge is 0.227 e. The molecule has 6 heteroatoms. The van der Waals surface area contributed by atoms with Crippen molar-refractivity contribution in [2.75, 3.05) is 19.1 Å². The number of hydrogen-bond donors (Lipinski definition) is 1. The second kappa shape index (κ2) is 5.59. The number of thioether (sulfide) groups is 1. The highest BCUT2D eigenvalue weighted by Gasteiger charge is 2.04. The number of aromatic nitrogens is 2. The molecule has 0 unspecified atom stereocenters. The molecule has 1 aromatic carbocycles. The van der Waals surface area contributed by atoms with Crippen molar-refractivity contribution in [2.45, 2.75) is 4.90 Å². The van der Waals surface area contributed by atoms with Gasteiger partial charge in [-0.25, -0.2) is 0 Å². The molecule has 2 aromatic rings. The average molecular weight is 263 g/mol. The van der Waals surface area contributed by atoms with E-state index in [1.165, 1.54) is 12.0 Å². The first-order chi connectivity index (χ1) is 8.71. The van der Waals surface area contributed by atoms with Crippen LogP contribution >= 0.6 is 11.8 Å². The lowest BCUT2D eigenvalue weighted by Gasteiger charge is -2.07. The van der Waals surface area contributed by atoms with E-state index in [1.54, 1.807) is 17.8 Å². The van der Waals surface area contributed by atoms with Crippen LogP contribution in [0.2, 0.25) is 0 Å². The van der Waals surface area contributed by atoms with E-state index in [-0.39, 0.29) is 5.95 Å². The lowest BCUT2D eigenvalue weighted by Crippen LogP contribution is -1.99. The zero-order valence-electron chi connectivity index (χ0n) is 10.1. The molecule has 0 aliphatic carbocycles. The summed E-state index contributed by atoms with van der Waals surface area (Å²) in [7, 11) is 1.51. The molecule has 0 saturated heterocycles. The lowest BCUT2D eigenvalue weighted by molar-refractivity contribution is 0.389. The third-order valence-corrected chi connectivity index (χ3v) is 2.93. The van der Waals surface area contributed by atoms with Crippen molar-refractivity contribution in [1.82, 2.24) is 9.97 Å². The van der Waals surface area contributed by atoms with Gasteiger partial charge in [0.05, 0.1) is 13.2 Å². The molecular formula is C12H13N3O2S. The van der Waals surface area contributed by atoms with Crippen LogP contribution < -0.4 is 15.2 Å². The van der Waals surface area contributed by atoms with Crippen molar-refractivity contribution in [1.29, 1.82) is 0 Å². The first kappa shape index (κ1) is 12.5. The average Bonchev–Trinajstić information content (AvgIpc) is 2.39. The molecule has 0 bridgehead atoms. The first-order valence-electron chi connectivity index (χ1n) is 5.21. The van der Waals surface area contributed by atoms with Crippen LogP contribution in [0.3, 0.4) is 0 Å². The summed E-state index contributed by atoms with van der Waals surface area (Å²) in [5.74, 6) is 1.53. The molecule has 18 heavy (non-hydrogen) atoms. The summed E-state index contributed by atoms with van der Waals surface area (Å²) in [6.45, 7) is 0. The van der Waals surface area contributed by atoms with Crippen LogP contribution in [-0.2, 0) is 0 Å². The van der Waals surface area contributed by atoms with Gasteiger partial charge in [0.15, 0.2) is 0 Å². The number of rotatable bonds is 4. The van der Waals surface area contributed by atoms with Crippen molar-refractivity contribution in [3.8, 4) is 17.5 Å². The molecule has 94 valence electrons. The number of hydrogen-bond acceptors (Lipinski definition) is 6. The summed E-state index contributed by atoms with van der Waals surface area (Å²) in [5, 5.41) is 0. The molecular weight excluding hydrogens is 250 g/mol. The third kappa shape index (κ3) is 3.04. The number of nitrogen functional groups attached to an aromatic ring is 1. The Morgan fingerprint density at radius 2 is 1.78 bits per heavy atom. The van der Waals surface area contributed by atoms with Gasteiger partial charge in [0.1, 0.15) is 5.75 Å². The van der Waals surface area contributed by atoms with Crippen LogP contribution in [0, 0.1) is 0 Å². The van der Waals surface area contributed by atoms with E-state index in [9.17, 15) is 0 Å². The molecule has 2 N–H and O–H groups in total. The highest BCUT2D eigenvalue weighted by atomic mass is 32.2. The second-order valence-electron chi connectivity index (χ2n) is 3.38. The molecule has 0 amide bonds. The van der Waals surface area contributed by atoms with E-state index in [0.717, 1.165) is 0 Å². The Balaban J connectivity index is 2.19. The van der Waals surface area contributed by atoms with Crippen molar-refractivity contribution >= 4 is 17.7 Å². The molecule has 0 atom stereocenters. The summed E-state index contributed by atoms with van der Waals surface area (Å²) in [5.41, 5.74) is 5.55. The van der Waals surface area contributed by atoms with E-state index in [2.05, 4.69) is 9.97 Å². The van der Waals surface area contributed by atoms with Crippen LogP contribution in [0.1, 0.15) is 0 Å². The summed E-state index contributed by atoms with van der Waals surface area (Å²) >= 11 is 1.67. The maximum Gasteiger partial charge on any atom is 0.227 e. The summed E-state index contributed by atoms with van der Waals surface area (Å²) in [6, 6.07) is 9.27. The number of benzene rings is 1. The minimum Gasteiger partial charge on any atom is -0.481 e. The lowest BCUT2D eigenvalue weighted by atomic mass is 10.3. The molecule has 2 rings (SSSR count). The monoisotopic (exact) mass is 263 g/mol. The standard InChI is InChI=1S/C12H13N3O2S/c1-16-10-7-11(15-12(13)14-10)17-8-3-5-9(18-2)6-4-8/h3-7H,1-2H3,(H2,13,14,15). The van der Waals surface area contributed by atoms with Crippen LogP contribution in [0.4, 0.5) is 5.95 Å². The van der Waals surface area contributed by atoms with Gasteiger partial charge < -0.3 is 15.2 Å². The Bertz CT molecular complexity index is 531. The minimum atomic E-state index is 0.116. The summed E-state index contributed by atoms with van der Waals surface area (Å²) < 4.78 is 10.6. The fourth-order valence-electron chi connectivity index (χ4n) is 1.34. The number of ether oxygens (including phenoxy) is 2. The summed E-state index contributed by atoms with van der Waals surface area (Å²) in [6.07, 6.45) is 2.02. The van der Waals surface area contributed by atoms with Gasteiger partial charge in [-0.2, -0.15) is 9.97 Å². The molecule has 0 fully saturated rings. The van der Waals surface area contributed by atoms with Crippen LogP contribution in [-0.4, -0.2) is 23.3 Å². The highest BCUT2D eigenvalue weighted by Crippen LogP contribution is 2.25. The topological polar surface area (TPSA) is 70.3 Å². The number of methoxy groups -OCH3 is 1. The Morgan fingerprint density at radius 3 is 2.39 bits per heavy atom. The van der Waals surface area contributed by atoms with Gasteiger partial charge in [-0.05, 0) is 30.5 Å². The van der Waals surface area contributed by atoms with E-state index in [0.29, 0.717) is 17.5 Å². The second-order valence-corrected chi connectivity index (χ2v) is 4.26. The van der Waals surface area contributed by atoms with Crippen LogP contribution in [0.5, 0.6) is 17.5 Å². The Labute approximate surface area is 109 Å². The third-order valence-electron chi connectivity index (χ3n) is 2.19. The SMILES string of the molecule is COc1cc(Oc2ccc(SC)cc2)nc(N)n1. The van der Waals surface area contributed by atoms with Crippen LogP contribution in [0.15, 0.2) is 35.2 Å². The molecule has 0 radical (unpaired) electrons. The normalized spacial score (nSPS) is 10.1. The number of nitrogens with two attached hydrogens (primary N) is 1. The van der Waals surface area contributed by atoms with E-state index in [4.69, 9.17) is 15.2 Å². The van der Waals surface area contributed by atoms with Gasteiger partial charge in [0.25, 0.3) is 0 Å². The van der Waals surface area contributed by atoms with E-state index in [1.807, 2.05) is 30.5 Å². The molecule has 0 aliphatic rings. The maximum atomic E-state index is 5.58. The van der Waals surface area contributed by atoms with Gasteiger partial charge in [-0.15, -0.1) is 11.8 Å². The fourth-order valence-corrected chi connectivity index (χ4v) is 1.75. The zero-order chi connectivity index (χ0) is 13.0. The molecule has 0 spiro atoms. The van der Waals surface area contributed by atoms with Crippen LogP contribution in [0.25, 0.3) is 0 Å². The number of anilines is 1. The van der Waals surface area contributed by atoms with Gasteiger partial charge in [-0.3, -0.25) is 0 Å². The highest BCUT2D eigenvalue weighted by molar-refractivity contribution is 7.98. The molecule has 5 nitrogen and oxygen atoms in total. The molecule has 0 aliphatic heterocycles. The Kier molecular flexibility index (Phi) is 3.88. The number of nitrogens with zero attached hydrogens (tertiary/aromatic N) is 2. The predicted octanol–water partition coefficient (Wildman–Crippen LogP) is 2.58. The first-order valence-corrected chi connectivity index (χ1v) is 6.44. The quantitative estimate of drug-likeness (QED) is 0.855. The van der Waals surface area contributed by atoms with Gasteiger partial charge >= 0.3 is 0 Å².